The van der Waals surface area contributed by atoms with Crippen LogP contribution in [0.4, 0.5) is 13.2 Å². The van der Waals surface area contributed by atoms with Crippen LogP contribution in [0.1, 0.15) is 29.3 Å². The van der Waals surface area contributed by atoms with E-state index in [2.05, 4.69) is 5.32 Å². The Labute approximate surface area is 103 Å². The highest BCUT2D eigenvalue weighted by atomic mass is 19.4. The zero-order valence-electron chi connectivity index (χ0n) is 9.79. The van der Waals surface area contributed by atoms with Gasteiger partial charge in [-0.25, -0.2) is 4.79 Å². The Hall–Kier alpha value is -1.56. The maximum atomic E-state index is 12.1. The Morgan fingerprint density at radius 1 is 1.33 bits per heavy atom. The number of carbonyl (C=O) groups is 1. The van der Waals surface area contributed by atoms with Crippen molar-refractivity contribution < 1.29 is 23.1 Å². The molecule has 18 heavy (non-hydrogen) atoms. The van der Waals surface area contributed by atoms with E-state index in [9.17, 15) is 18.0 Å². The van der Waals surface area contributed by atoms with Gasteiger partial charge in [0, 0.05) is 12.6 Å². The molecule has 0 spiro atoms. The van der Waals surface area contributed by atoms with Crippen molar-refractivity contribution in [3.05, 3.63) is 35.4 Å². The number of hydrogen-bond donors (Lipinski definition) is 2. The fourth-order valence-corrected chi connectivity index (χ4v) is 1.48. The fraction of sp³-hybridized carbons (Fsp3) is 0.417. The molecule has 0 bridgehead atoms. The van der Waals surface area contributed by atoms with Crippen LogP contribution < -0.4 is 5.32 Å². The lowest BCUT2D eigenvalue weighted by atomic mass is 10.1. The first-order valence-corrected chi connectivity index (χ1v) is 5.40. The van der Waals surface area contributed by atoms with Crippen molar-refractivity contribution in [1.82, 2.24) is 5.32 Å². The van der Waals surface area contributed by atoms with Gasteiger partial charge in [-0.05, 0) is 24.6 Å². The second-order valence-corrected chi connectivity index (χ2v) is 4.10. The van der Waals surface area contributed by atoms with Crippen LogP contribution in [0, 0.1) is 0 Å². The number of carboxylic acid groups (broad SMARTS) is 1. The van der Waals surface area contributed by atoms with Crippen LogP contribution in [-0.4, -0.2) is 23.3 Å². The highest BCUT2D eigenvalue weighted by Gasteiger charge is 2.29. The molecule has 6 heteroatoms. The molecule has 0 saturated carbocycles. The van der Waals surface area contributed by atoms with Crippen molar-refractivity contribution in [3.8, 4) is 0 Å². The Kier molecular flexibility index (Phi) is 4.72. The molecule has 0 aromatic heterocycles. The van der Waals surface area contributed by atoms with Gasteiger partial charge in [0.25, 0.3) is 0 Å². The lowest BCUT2D eigenvalue weighted by Crippen LogP contribution is -2.30. The second kappa shape index (κ2) is 5.86. The van der Waals surface area contributed by atoms with E-state index in [-0.39, 0.29) is 12.1 Å². The van der Waals surface area contributed by atoms with Crippen molar-refractivity contribution in [3.63, 3.8) is 0 Å². The molecule has 0 amide bonds. The molecule has 100 valence electrons. The summed E-state index contributed by atoms with van der Waals surface area (Å²) in [5.74, 6) is -1.03. The van der Waals surface area contributed by atoms with E-state index in [4.69, 9.17) is 5.11 Å². The molecular formula is C12H14F3NO2. The van der Waals surface area contributed by atoms with Gasteiger partial charge in [0.15, 0.2) is 0 Å². The molecule has 1 unspecified atom stereocenters. The Balaban J connectivity index is 2.46. The topological polar surface area (TPSA) is 49.3 Å². The standard InChI is InChI=1S/C12H14F3NO2/c1-8(6-12(13,14)15)16-7-9-2-4-10(5-3-9)11(17)18/h2-5,8,16H,6-7H2,1H3,(H,17,18). The van der Waals surface area contributed by atoms with Crippen LogP contribution in [0.15, 0.2) is 24.3 Å². The van der Waals surface area contributed by atoms with E-state index in [1.165, 1.54) is 19.1 Å². The van der Waals surface area contributed by atoms with E-state index >= 15 is 0 Å². The molecule has 0 saturated heterocycles. The first-order valence-electron chi connectivity index (χ1n) is 5.40. The Morgan fingerprint density at radius 2 is 1.89 bits per heavy atom. The second-order valence-electron chi connectivity index (χ2n) is 4.10. The monoisotopic (exact) mass is 261 g/mol. The minimum atomic E-state index is -4.18. The number of halogens is 3. The predicted octanol–water partition coefficient (Wildman–Crippen LogP) is 2.82. The van der Waals surface area contributed by atoms with Crippen molar-refractivity contribution in [2.75, 3.05) is 0 Å². The lowest BCUT2D eigenvalue weighted by molar-refractivity contribution is -0.139. The molecule has 1 aromatic rings. The summed E-state index contributed by atoms with van der Waals surface area (Å²) in [5.41, 5.74) is 0.899. The number of hydrogen-bond acceptors (Lipinski definition) is 2. The molecule has 0 aliphatic rings. The average molecular weight is 261 g/mol. The summed E-state index contributed by atoms with van der Waals surface area (Å²) in [4.78, 5) is 10.6. The third-order valence-electron chi connectivity index (χ3n) is 2.39. The van der Waals surface area contributed by atoms with Gasteiger partial charge in [-0.1, -0.05) is 12.1 Å². The lowest BCUT2D eigenvalue weighted by Gasteiger charge is -2.15. The minimum absolute atomic E-state index is 0.155. The number of benzene rings is 1. The highest BCUT2D eigenvalue weighted by molar-refractivity contribution is 5.87. The molecular weight excluding hydrogens is 247 g/mol. The number of rotatable bonds is 5. The summed E-state index contributed by atoms with van der Waals surface area (Å²) in [6.45, 7) is 1.73. The highest BCUT2D eigenvalue weighted by Crippen LogP contribution is 2.21. The molecule has 0 heterocycles. The fourth-order valence-electron chi connectivity index (χ4n) is 1.48. The average Bonchev–Trinajstić information content (AvgIpc) is 2.24. The van der Waals surface area contributed by atoms with Crippen LogP contribution in [0.25, 0.3) is 0 Å². The number of carboxylic acids is 1. The molecule has 1 atom stereocenters. The molecule has 0 fully saturated rings. The summed E-state index contributed by atoms with van der Waals surface area (Å²) in [6.07, 6.45) is -5.07. The van der Waals surface area contributed by atoms with Gasteiger partial charge in [-0.3, -0.25) is 0 Å². The quantitative estimate of drug-likeness (QED) is 0.856. The normalized spacial score (nSPS) is 13.3. The molecule has 0 aliphatic heterocycles. The van der Waals surface area contributed by atoms with Crippen molar-refractivity contribution in [2.24, 2.45) is 0 Å². The van der Waals surface area contributed by atoms with E-state index in [1.54, 1.807) is 12.1 Å². The summed E-state index contributed by atoms with van der Waals surface area (Å²) in [7, 11) is 0. The molecule has 2 N–H and O–H groups in total. The minimum Gasteiger partial charge on any atom is -0.478 e. The van der Waals surface area contributed by atoms with Gasteiger partial charge in [-0.15, -0.1) is 0 Å². The van der Waals surface area contributed by atoms with Gasteiger partial charge >= 0.3 is 12.1 Å². The largest absolute Gasteiger partial charge is 0.478 e. The zero-order chi connectivity index (χ0) is 13.8. The maximum Gasteiger partial charge on any atom is 0.390 e. The van der Waals surface area contributed by atoms with Crippen molar-refractivity contribution >= 4 is 5.97 Å². The maximum absolute atomic E-state index is 12.1. The van der Waals surface area contributed by atoms with Gasteiger partial charge in [0.1, 0.15) is 0 Å². The van der Waals surface area contributed by atoms with Crippen molar-refractivity contribution in [2.45, 2.75) is 32.1 Å². The van der Waals surface area contributed by atoms with Gasteiger partial charge in [0.2, 0.25) is 0 Å². The Bertz CT molecular complexity index is 401. The first kappa shape index (κ1) is 14.5. The van der Waals surface area contributed by atoms with E-state index in [0.29, 0.717) is 0 Å². The van der Waals surface area contributed by atoms with E-state index in [0.717, 1.165) is 5.56 Å². The molecule has 0 radical (unpaired) electrons. The van der Waals surface area contributed by atoms with E-state index < -0.39 is 24.6 Å². The number of nitrogens with one attached hydrogen (secondary N) is 1. The van der Waals surface area contributed by atoms with Crippen LogP contribution in [-0.2, 0) is 6.54 Å². The smallest absolute Gasteiger partial charge is 0.390 e. The van der Waals surface area contributed by atoms with Crippen LogP contribution in [0.3, 0.4) is 0 Å². The summed E-state index contributed by atoms with van der Waals surface area (Å²) in [5, 5.41) is 11.4. The zero-order valence-corrected chi connectivity index (χ0v) is 9.79. The third kappa shape index (κ3) is 5.18. The summed E-state index contributed by atoms with van der Waals surface area (Å²) in [6, 6.07) is 5.33. The molecule has 1 aromatic carbocycles. The van der Waals surface area contributed by atoms with Crippen LogP contribution in [0.5, 0.6) is 0 Å². The summed E-state index contributed by atoms with van der Waals surface area (Å²) < 4.78 is 36.2. The molecule has 0 aliphatic carbocycles. The van der Waals surface area contributed by atoms with Crippen LogP contribution >= 0.6 is 0 Å². The molecule has 1 rings (SSSR count). The number of aromatic carboxylic acids is 1. The van der Waals surface area contributed by atoms with Crippen LogP contribution in [0.2, 0.25) is 0 Å². The Morgan fingerprint density at radius 3 is 2.33 bits per heavy atom. The van der Waals surface area contributed by atoms with Gasteiger partial charge in [-0.2, -0.15) is 13.2 Å². The first-order chi connectivity index (χ1) is 8.28. The summed E-state index contributed by atoms with van der Waals surface area (Å²) >= 11 is 0. The predicted molar refractivity (Wildman–Crippen MR) is 60.4 cm³/mol. The van der Waals surface area contributed by atoms with Gasteiger partial charge in [0.05, 0.1) is 12.0 Å². The number of alkyl halides is 3. The third-order valence-corrected chi connectivity index (χ3v) is 2.39. The molecule has 3 nitrogen and oxygen atoms in total. The van der Waals surface area contributed by atoms with E-state index in [1.807, 2.05) is 0 Å². The SMILES string of the molecule is CC(CC(F)(F)F)NCc1ccc(C(=O)O)cc1. The van der Waals surface area contributed by atoms with Crippen molar-refractivity contribution in [1.29, 1.82) is 0 Å². The van der Waals surface area contributed by atoms with Gasteiger partial charge < -0.3 is 10.4 Å².